The van der Waals surface area contributed by atoms with E-state index in [9.17, 15) is 14.0 Å². The SMILES string of the molecule is CCc1ccc(/C=C2\C(=O)N(c3ccc(F)cc3)C(C)=C2C(=O)OC)cc1. The number of allylic oxidation sites excluding steroid dienone is 1. The van der Waals surface area contributed by atoms with Gasteiger partial charge in [0.15, 0.2) is 0 Å². The van der Waals surface area contributed by atoms with Crippen molar-refractivity contribution in [3.63, 3.8) is 0 Å². The van der Waals surface area contributed by atoms with Gasteiger partial charge in [0.25, 0.3) is 5.91 Å². The van der Waals surface area contributed by atoms with Crippen molar-refractivity contribution in [3.05, 3.63) is 82.3 Å². The van der Waals surface area contributed by atoms with E-state index in [1.54, 1.807) is 13.0 Å². The van der Waals surface area contributed by atoms with Crippen LogP contribution in [0.2, 0.25) is 0 Å². The topological polar surface area (TPSA) is 46.6 Å². The molecule has 5 heteroatoms. The summed E-state index contributed by atoms with van der Waals surface area (Å²) in [6.07, 6.45) is 2.60. The van der Waals surface area contributed by atoms with Crippen LogP contribution in [0.5, 0.6) is 0 Å². The molecule has 0 spiro atoms. The number of nitrogens with zero attached hydrogens (tertiary/aromatic N) is 1. The van der Waals surface area contributed by atoms with Gasteiger partial charge in [-0.05, 0) is 54.8 Å². The number of halogens is 1. The number of methoxy groups -OCH3 is 1. The molecule has 0 N–H and O–H groups in total. The van der Waals surface area contributed by atoms with Gasteiger partial charge in [0.1, 0.15) is 5.82 Å². The summed E-state index contributed by atoms with van der Waals surface area (Å²) in [5.41, 5.74) is 3.41. The molecule has 0 aromatic heterocycles. The second kappa shape index (κ2) is 7.58. The van der Waals surface area contributed by atoms with E-state index in [-0.39, 0.29) is 17.1 Å². The Bertz CT molecular complexity index is 941. The normalized spacial score (nSPS) is 15.6. The quantitative estimate of drug-likeness (QED) is 0.601. The Hall–Kier alpha value is -3.21. The van der Waals surface area contributed by atoms with Crippen LogP contribution in [0.25, 0.3) is 6.08 Å². The van der Waals surface area contributed by atoms with E-state index in [2.05, 4.69) is 6.92 Å². The number of hydrogen-bond donors (Lipinski definition) is 0. The number of amides is 1. The van der Waals surface area contributed by atoms with Gasteiger partial charge in [0.05, 0.1) is 18.3 Å². The van der Waals surface area contributed by atoms with Crippen molar-refractivity contribution in [2.24, 2.45) is 0 Å². The predicted molar refractivity (Wildman–Crippen MR) is 102 cm³/mol. The van der Waals surface area contributed by atoms with Crippen molar-refractivity contribution < 1.29 is 18.7 Å². The average Bonchev–Trinajstić information content (AvgIpc) is 2.92. The molecule has 0 radical (unpaired) electrons. The highest BCUT2D eigenvalue weighted by atomic mass is 19.1. The van der Waals surface area contributed by atoms with Gasteiger partial charge < -0.3 is 4.74 Å². The third-order valence-electron chi connectivity index (χ3n) is 4.57. The van der Waals surface area contributed by atoms with Gasteiger partial charge in [-0.3, -0.25) is 9.69 Å². The van der Waals surface area contributed by atoms with Gasteiger partial charge in [-0.25, -0.2) is 9.18 Å². The summed E-state index contributed by atoms with van der Waals surface area (Å²) in [4.78, 5) is 26.8. The van der Waals surface area contributed by atoms with E-state index < -0.39 is 11.8 Å². The van der Waals surface area contributed by atoms with E-state index in [4.69, 9.17) is 4.74 Å². The molecule has 0 saturated heterocycles. The molecule has 1 heterocycles. The number of aryl methyl sites for hydroxylation is 1. The lowest BCUT2D eigenvalue weighted by Crippen LogP contribution is -2.24. The number of anilines is 1. The molecule has 0 bridgehead atoms. The molecule has 1 amide bonds. The molecule has 2 aromatic rings. The summed E-state index contributed by atoms with van der Waals surface area (Å²) in [5.74, 6) is -1.33. The molecule has 0 aliphatic carbocycles. The standard InChI is InChI=1S/C22H20FNO3/c1-4-15-5-7-16(8-6-15)13-19-20(22(26)27-3)14(2)24(21(19)25)18-11-9-17(23)10-12-18/h5-13H,4H2,1-3H3/b19-13-. The zero-order chi connectivity index (χ0) is 19.6. The lowest BCUT2D eigenvalue weighted by Gasteiger charge is -2.17. The molecule has 0 fully saturated rings. The number of carbonyl (C=O) groups is 2. The zero-order valence-electron chi connectivity index (χ0n) is 15.5. The van der Waals surface area contributed by atoms with Crippen molar-refractivity contribution in [1.82, 2.24) is 0 Å². The summed E-state index contributed by atoms with van der Waals surface area (Å²) in [5, 5.41) is 0. The summed E-state index contributed by atoms with van der Waals surface area (Å²) in [6.45, 7) is 3.74. The van der Waals surface area contributed by atoms with Crippen LogP contribution < -0.4 is 4.90 Å². The number of carbonyl (C=O) groups excluding carboxylic acids is 2. The summed E-state index contributed by atoms with van der Waals surface area (Å²) >= 11 is 0. The Morgan fingerprint density at radius 2 is 1.74 bits per heavy atom. The predicted octanol–water partition coefficient (Wildman–Crippen LogP) is 4.27. The molecule has 4 nitrogen and oxygen atoms in total. The van der Waals surface area contributed by atoms with Gasteiger partial charge in [-0.15, -0.1) is 0 Å². The van der Waals surface area contributed by atoms with Gasteiger partial charge >= 0.3 is 5.97 Å². The third-order valence-corrected chi connectivity index (χ3v) is 4.57. The molecule has 27 heavy (non-hydrogen) atoms. The van der Waals surface area contributed by atoms with Gasteiger partial charge in [-0.2, -0.15) is 0 Å². The Balaban J connectivity index is 2.09. The second-order valence-corrected chi connectivity index (χ2v) is 6.22. The molecule has 0 unspecified atom stereocenters. The Labute approximate surface area is 157 Å². The number of esters is 1. The molecule has 3 rings (SSSR count). The third kappa shape index (κ3) is 3.53. The van der Waals surface area contributed by atoms with Gasteiger partial charge in [0, 0.05) is 11.4 Å². The average molecular weight is 365 g/mol. The van der Waals surface area contributed by atoms with Crippen molar-refractivity contribution in [1.29, 1.82) is 0 Å². The van der Waals surface area contributed by atoms with Gasteiger partial charge in [-0.1, -0.05) is 31.2 Å². The molecule has 0 atom stereocenters. The molecular weight excluding hydrogens is 345 g/mol. The molecule has 138 valence electrons. The number of rotatable bonds is 4. The van der Waals surface area contributed by atoms with Crippen molar-refractivity contribution in [3.8, 4) is 0 Å². The highest BCUT2D eigenvalue weighted by Gasteiger charge is 2.37. The number of ether oxygens (including phenoxy) is 1. The molecule has 1 aliphatic heterocycles. The first-order valence-corrected chi connectivity index (χ1v) is 8.66. The first-order chi connectivity index (χ1) is 13.0. The smallest absolute Gasteiger partial charge is 0.340 e. The first kappa shape index (κ1) is 18.6. The molecule has 2 aromatic carbocycles. The number of benzene rings is 2. The Morgan fingerprint density at radius 3 is 2.30 bits per heavy atom. The van der Waals surface area contributed by atoms with E-state index in [1.807, 2.05) is 24.3 Å². The van der Waals surface area contributed by atoms with Gasteiger partial charge in [0.2, 0.25) is 0 Å². The minimum atomic E-state index is -0.582. The van der Waals surface area contributed by atoms with E-state index in [1.165, 1.54) is 41.8 Å². The maximum atomic E-state index is 13.3. The zero-order valence-corrected chi connectivity index (χ0v) is 15.5. The Morgan fingerprint density at radius 1 is 1.11 bits per heavy atom. The van der Waals surface area contributed by atoms with E-state index >= 15 is 0 Å². The highest BCUT2D eigenvalue weighted by molar-refractivity contribution is 6.23. The van der Waals surface area contributed by atoms with E-state index in [0.717, 1.165) is 12.0 Å². The van der Waals surface area contributed by atoms with Crippen LogP contribution in [0.1, 0.15) is 25.0 Å². The minimum Gasteiger partial charge on any atom is -0.465 e. The monoisotopic (exact) mass is 365 g/mol. The number of hydrogen-bond acceptors (Lipinski definition) is 3. The highest BCUT2D eigenvalue weighted by Crippen LogP contribution is 2.35. The maximum Gasteiger partial charge on any atom is 0.340 e. The molecular formula is C22H20FNO3. The largest absolute Gasteiger partial charge is 0.465 e. The second-order valence-electron chi connectivity index (χ2n) is 6.22. The van der Waals surface area contributed by atoms with E-state index in [0.29, 0.717) is 11.4 Å². The van der Waals surface area contributed by atoms with Crippen LogP contribution in [-0.2, 0) is 20.7 Å². The fourth-order valence-electron chi connectivity index (χ4n) is 3.10. The van der Waals surface area contributed by atoms with Crippen molar-refractivity contribution in [2.45, 2.75) is 20.3 Å². The molecule has 1 aliphatic rings. The summed E-state index contributed by atoms with van der Waals surface area (Å²) < 4.78 is 18.1. The summed E-state index contributed by atoms with van der Waals surface area (Å²) in [6, 6.07) is 13.3. The first-order valence-electron chi connectivity index (χ1n) is 8.66. The lowest BCUT2D eigenvalue weighted by molar-refractivity contribution is -0.136. The van der Waals surface area contributed by atoms with Crippen molar-refractivity contribution in [2.75, 3.05) is 12.0 Å². The maximum absolute atomic E-state index is 13.3. The summed E-state index contributed by atoms with van der Waals surface area (Å²) in [7, 11) is 1.28. The molecule has 0 saturated carbocycles. The van der Waals surface area contributed by atoms with Crippen LogP contribution in [0.3, 0.4) is 0 Å². The minimum absolute atomic E-state index is 0.214. The van der Waals surface area contributed by atoms with Crippen LogP contribution in [-0.4, -0.2) is 19.0 Å². The lowest BCUT2D eigenvalue weighted by atomic mass is 10.0. The van der Waals surface area contributed by atoms with Crippen LogP contribution in [0, 0.1) is 5.82 Å². The van der Waals surface area contributed by atoms with Crippen LogP contribution in [0.15, 0.2) is 65.4 Å². The van der Waals surface area contributed by atoms with Crippen LogP contribution >= 0.6 is 0 Å². The Kier molecular flexibility index (Phi) is 5.21. The fraction of sp³-hybridized carbons (Fsp3) is 0.182. The van der Waals surface area contributed by atoms with Crippen molar-refractivity contribution >= 4 is 23.6 Å². The van der Waals surface area contributed by atoms with Crippen LogP contribution in [0.4, 0.5) is 10.1 Å². The fourth-order valence-corrected chi connectivity index (χ4v) is 3.10.